The van der Waals surface area contributed by atoms with Gasteiger partial charge in [0.25, 0.3) is 5.69 Å². The minimum atomic E-state index is -0.480. The summed E-state index contributed by atoms with van der Waals surface area (Å²) in [6.45, 7) is 11.6. The number of benzene rings is 2. The fourth-order valence-electron chi connectivity index (χ4n) is 1.57. The number of nitro groups is 1. The minimum Gasteiger partial charge on any atom is -0.508 e. The van der Waals surface area contributed by atoms with E-state index < -0.39 is 4.92 Å². The third kappa shape index (κ3) is 16.3. The maximum atomic E-state index is 11.2. The number of nitrogens with zero attached hydrogens (tertiary/aromatic N) is 1. The third-order valence-corrected chi connectivity index (χ3v) is 3.30. The Kier molecular flexibility index (Phi) is 19.3. The SMILES string of the molecule is CC.CC.CC(C)OC(=O)CNPOc1ccc([N+](=O)[O-])cc1.Oc1ccccc1. The summed E-state index contributed by atoms with van der Waals surface area (Å²) in [5.41, 5.74) is 0.00385. The quantitative estimate of drug-likeness (QED) is 0.193. The molecule has 0 aliphatic carbocycles. The topological polar surface area (TPSA) is 111 Å². The number of nitrogens with one attached hydrogen (secondary N) is 1. The molecule has 8 nitrogen and oxygen atoms in total. The molecule has 1 atom stereocenters. The van der Waals surface area contributed by atoms with Gasteiger partial charge in [0.1, 0.15) is 20.5 Å². The van der Waals surface area contributed by atoms with Gasteiger partial charge in [0.15, 0.2) is 0 Å². The van der Waals surface area contributed by atoms with Crippen LogP contribution in [0.2, 0.25) is 0 Å². The number of hydrogen-bond donors (Lipinski definition) is 2. The van der Waals surface area contributed by atoms with Gasteiger partial charge in [-0.1, -0.05) is 45.9 Å². The normalized spacial score (nSPS) is 9.30. The van der Waals surface area contributed by atoms with E-state index in [1.807, 2.05) is 33.8 Å². The number of carbonyl (C=O) groups excluding carboxylic acids is 1. The molecule has 2 N–H and O–H groups in total. The Hall–Kier alpha value is -2.70. The van der Waals surface area contributed by atoms with E-state index in [4.69, 9.17) is 14.4 Å². The van der Waals surface area contributed by atoms with Gasteiger partial charge in [-0.3, -0.25) is 20.0 Å². The predicted molar refractivity (Wildman–Crippen MR) is 122 cm³/mol. The van der Waals surface area contributed by atoms with E-state index in [9.17, 15) is 14.9 Å². The summed E-state index contributed by atoms with van der Waals surface area (Å²) < 4.78 is 10.2. The molecule has 0 amide bonds. The van der Waals surface area contributed by atoms with E-state index in [2.05, 4.69) is 5.09 Å². The number of hydrogen-bond acceptors (Lipinski definition) is 7. The highest BCUT2D eigenvalue weighted by Crippen LogP contribution is 2.21. The first-order chi connectivity index (χ1) is 14.4. The number of nitro benzene ring substituents is 1. The lowest BCUT2D eigenvalue weighted by atomic mass is 10.3. The maximum Gasteiger partial charge on any atom is 0.320 e. The molecule has 9 heteroatoms. The van der Waals surface area contributed by atoms with Gasteiger partial charge in [-0.05, 0) is 38.1 Å². The van der Waals surface area contributed by atoms with Crippen molar-refractivity contribution in [1.29, 1.82) is 0 Å². The van der Waals surface area contributed by atoms with E-state index in [1.165, 1.54) is 24.3 Å². The number of phenols is 1. The number of non-ortho nitro benzene ring substituents is 1. The van der Waals surface area contributed by atoms with Gasteiger partial charge in [0.2, 0.25) is 0 Å². The molecule has 2 rings (SSSR count). The van der Waals surface area contributed by atoms with Crippen LogP contribution in [0.1, 0.15) is 41.5 Å². The number of para-hydroxylation sites is 1. The Labute approximate surface area is 180 Å². The third-order valence-electron chi connectivity index (χ3n) is 2.64. The molecule has 2 aromatic rings. The highest BCUT2D eigenvalue weighted by Gasteiger charge is 2.06. The Balaban J connectivity index is 0. The zero-order valence-electron chi connectivity index (χ0n) is 18.4. The predicted octanol–water partition coefficient (Wildman–Crippen LogP) is 5.47. The number of phenolic OH excluding ortho intramolecular Hbond substituents is 1. The molecule has 0 aliphatic heterocycles. The van der Waals surface area contributed by atoms with Crippen LogP contribution >= 0.6 is 8.96 Å². The fraction of sp³-hybridized carbons (Fsp3) is 0.381. The van der Waals surface area contributed by atoms with Crippen LogP contribution in [0.25, 0.3) is 0 Å². The second-order valence-electron chi connectivity index (χ2n) is 5.18. The minimum absolute atomic E-state index is 0.00385. The van der Waals surface area contributed by atoms with Crippen LogP contribution in [0.4, 0.5) is 5.69 Å². The Bertz CT molecular complexity index is 682. The van der Waals surface area contributed by atoms with Crippen molar-refractivity contribution in [3.63, 3.8) is 0 Å². The first-order valence-electron chi connectivity index (χ1n) is 9.71. The van der Waals surface area contributed by atoms with E-state index in [-0.39, 0.29) is 33.3 Å². The lowest BCUT2D eigenvalue weighted by Gasteiger charge is -2.09. The summed E-state index contributed by atoms with van der Waals surface area (Å²) >= 11 is 0. The molecule has 0 aliphatic rings. The maximum absolute atomic E-state index is 11.2. The molecular formula is C21H33N2O6P. The average Bonchev–Trinajstić information content (AvgIpc) is 2.75. The van der Waals surface area contributed by atoms with Gasteiger partial charge in [-0.15, -0.1) is 0 Å². The monoisotopic (exact) mass is 440 g/mol. The Morgan fingerprint density at radius 1 is 1.07 bits per heavy atom. The largest absolute Gasteiger partial charge is 0.508 e. The zero-order valence-corrected chi connectivity index (χ0v) is 19.4. The smallest absolute Gasteiger partial charge is 0.320 e. The molecule has 0 radical (unpaired) electrons. The second-order valence-corrected chi connectivity index (χ2v) is 5.94. The highest BCUT2D eigenvalue weighted by molar-refractivity contribution is 7.30. The summed E-state index contributed by atoms with van der Waals surface area (Å²) in [5.74, 6) is 0.464. The van der Waals surface area contributed by atoms with Crippen LogP contribution in [0, 0.1) is 10.1 Å². The van der Waals surface area contributed by atoms with Gasteiger partial charge < -0.3 is 14.4 Å². The van der Waals surface area contributed by atoms with Crippen LogP contribution in [-0.2, 0) is 9.53 Å². The standard InChI is InChI=1S/C11H15N2O5P.C6H6O.2C2H6/c1-8(2)17-11(14)7-12-19-18-10-5-3-9(4-6-10)13(15)16;7-6-4-2-1-3-5-6;2*1-2/h3-6,8,12,19H,7H2,1-2H3;1-5,7H;2*1-2H3. The first-order valence-corrected chi connectivity index (χ1v) is 10.6. The molecule has 0 aromatic heterocycles. The number of aromatic hydroxyl groups is 1. The van der Waals surface area contributed by atoms with Gasteiger partial charge in [-0.2, -0.15) is 0 Å². The van der Waals surface area contributed by atoms with Crippen LogP contribution < -0.4 is 9.61 Å². The molecule has 1 unspecified atom stereocenters. The molecular weight excluding hydrogens is 407 g/mol. The summed E-state index contributed by atoms with van der Waals surface area (Å²) in [7, 11) is -0.130. The van der Waals surface area contributed by atoms with E-state index in [1.54, 1.807) is 38.1 Å². The summed E-state index contributed by atoms with van der Waals surface area (Å²) in [6.07, 6.45) is -0.145. The average molecular weight is 440 g/mol. The lowest BCUT2D eigenvalue weighted by molar-refractivity contribution is -0.384. The van der Waals surface area contributed by atoms with Crippen molar-refractivity contribution in [3.05, 3.63) is 64.7 Å². The zero-order chi connectivity index (χ0) is 23.4. The first kappa shape index (κ1) is 29.5. The van der Waals surface area contributed by atoms with Crippen molar-refractivity contribution in [2.75, 3.05) is 6.54 Å². The van der Waals surface area contributed by atoms with Crippen LogP contribution in [0.3, 0.4) is 0 Å². The summed E-state index contributed by atoms with van der Waals surface area (Å²) in [5, 5.41) is 21.8. The van der Waals surface area contributed by atoms with Gasteiger partial charge in [0.05, 0.1) is 17.6 Å². The van der Waals surface area contributed by atoms with Crippen molar-refractivity contribution < 1.29 is 24.1 Å². The number of carbonyl (C=O) groups is 1. The van der Waals surface area contributed by atoms with Gasteiger partial charge >= 0.3 is 5.97 Å². The molecule has 0 fully saturated rings. The van der Waals surface area contributed by atoms with E-state index in [0.29, 0.717) is 11.5 Å². The highest BCUT2D eigenvalue weighted by atomic mass is 31.1. The summed E-state index contributed by atoms with van der Waals surface area (Å²) in [4.78, 5) is 21.1. The molecule has 2 aromatic carbocycles. The van der Waals surface area contributed by atoms with E-state index >= 15 is 0 Å². The molecule has 0 heterocycles. The van der Waals surface area contributed by atoms with Crippen molar-refractivity contribution >= 4 is 20.6 Å². The van der Waals surface area contributed by atoms with Crippen molar-refractivity contribution in [2.24, 2.45) is 0 Å². The number of esters is 1. The lowest BCUT2D eigenvalue weighted by Crippen LogP contribution is -2.22. The molecule has 168 valence electrons. The van der Waals surface area contributed by atoms with Gasteiger partial charge in [-0.25, -0.2) is 0 Å². The molecule has 0 bridgehead atoms. The van der Waals surface area contributed by atoms with Crippen molar-refractivity contribution in [1.82, 2.24) is 5.09 Å². The molecule has 0 saturated heterocycles. The Morgan fingerprint density at radius 3 is 2.00 bits per heavy atom. The number of rotatable bonds is 7. The van der Waals surface area contributed by atoms with Crippen LogP contribution in [-0.4, -0.2) is 28.6 Å². The number of ether oxygens (including phenoxy) is 1. The molecule has 30 heavy (non-hydrogen) atoms. The van der Waals surface area contributed by atoms with Gasteiger partial charge in [0, 0.05) is 12.1 Å². The molecule has 0 spiro atoms. The fourth-order valence-corrected chi connectivity index (χ4v) is 2.11. The van der Waals surface area contributed by atoms with Crippen LogP contribution in [0.15, 0.2) is 54.6 Å². The molecule has 0 saturated carbocycles. The van der Waals surface area contributed by atoms with Crippen LogP contribution in [0.5, 0.6) is 11.5 Å². The Morgan fingerprint density at radius 2 is 1.60 bits per heavy atom. The van der Waals surface area contributed by atoms with Crippen molar-refractivity contribution in [2.45, 2.75) is 47.6 Å². The second kappa shape index (κ2) is 19.6. The van der Waals surface area contributed by atoms with E-state index in [0.717, 1.165) is 0 Å². The summed E-state index contributed by atoms with van der Waals surface area (Å²) in [6, 6.07) is 14.4. The van der Waals surface area contributed by atoms with Crippen molar-refractivity contribution in [3.8, 4) is 11.5 Å².